The van der Waals surface area contributed by atoms with Crippen molar-refractivity contribution in [1.29, 1.82) is 0 Å². The fourth-order valence-electron chi connectivity index (χ4n) is 17.8. The van der Waals surface area contributed by atoms with Crippen LogP contribution >= 0.6 is 0 Å². The van der Waals surface area contributed by atoms with Gasteiger partial charge in [0.1, 0.15) is 104 Å². The third-order valence-electron chi connectivity index (χ3n) is 23.1. The zero-order chi connectivity index (χ0) is 61.2. The van der Waals surface area contributed by atoms with Crippen molar-refractivity contribution in [3.8, 4) is 0 Å². The van der Waals surface area contributed by atoms with E-state index in [1.54, 1.807) is 0 Å². The number of aliphatic hydroxyl groups is 14. The van der Waals surface area contributed by atoms with Gasteiger partial charge in [0.2, 0.25) is 6.29 Å². The predicted molar refractivity (Wildman–Crippen MR) is 287 cm³/mol. The van der Waals surface area contributed by atoms with Gasteiger partial charge in [-0.15, -0.1) is 0 Å². The number of ether oxygens (including phenoxy) is 10. The van der Waals surface area contributed by atoms with Gasteiger partial charge in [0.25, 0.3) is 0 Å². The smallest absolute Gasteiger partial charge is 0.315 e. The predicted octanol–water partition coefficient (Wildman–Crippen LogP) is -1.66. The minimum Gasteiger partial charge on any atom is -0.432 e. The zero-order valence-electron chi connectivity index (χ0n) is 49.6. The van der Waals surface area contributed by atoms with Crippen LogP contribution in [-0.2, 0) is 52.2 Å². The van der Waals surface area contributed by atoms with Crippen molar-refractivity contribution in [2.24, 2.45) is 56.7 Å². The van der Waals surface area contributed by atoms with E-state index in [2.05, 4.69) is 54.5 Å². The first-order valence-electron chi connectivity index (χ1n) is 30.6. The number of aliphatic hydroxyl groups excluding tert-OH is 14. The summed E-state index contributed by atoms with van der Waals surface area (Å²) in [5.41, 5.74) is -0.928. The van der Waals surface area contributed by atoms with Gasteiger partial charge in [-0.1, -0.05) is 60.1 Å². The van der Waals surface area contributed by atoms with Gasteiger partial charge in [0, 0.05) is 0 Å². The molecule has 14 N–H and O–H groups in total. The highest BCUT2D eigenvalue weighted by atomic mass is 16.8. The van der Waals surface area contributed by atoms with E-state index in [0.717, 1.165) is 32.1 Å². The molecule has 0 radical (unpaired) electrons. The summed E-state index contributed by atoms with van der Waals surface area (Å²) in [6.45, 7) is 17.3. The Balaban J connectivity index is 0.826. The summed E-state index contributed by atoms with van der Waals surface area (Å²) in [6.07, 6.45) is -28.5. The fourth-order valence-corrected chi connectivity index (χ4v) is 17.8. The molecule has 25 nitrogen and oxygen atoms in total. The van der Waals surface area contributed by atoms with Gasteiger partial charge in [0.05, 0.1) is 43.5 Å². The molecule has 482 valence electrons. The van der Waals surface area contributed by atoms with Gasteiger partial charge in [-0.25, -0.2) is 0 Å². The number of carbonyl (C=O) groups is 1. The van der Waals surface area contributed by atoms with Crippen LogP contribution in [0.5, 0.6) is 0 Å². The molecule has 5 aliphatic heterocycles. The molecule has 33 atom stereocenters. The lowest BCUT2D eigenvalue weighted by molar-refractivity contribution is -0.364. The molecule has 0 aromatic heterocycles. The topological polar surface area (TPSA) is 393 Å². The minimum atomic E-state index is -1.88. The maximum absolute atomic E-state index is 15.2. The second-order valence-electron chi connectivity index (χ2n) is 28.1. The largest absolute Gasteiger partial charge is 0.432 e. The van der Waals surface area contributed by atoms with Crippen LogP contribution < -0.4 is 0 Å². The van der Waals surface area contributed by atoms with Gasteiger partial charge in [-0.05, 0) is 123 Å². The van der Waals surface area contributed by atoms with Crippen molar-refractivity contribution < 1.29 is 124 Å². The maximum atomic E-state index is 15.2. The third-order valence-corrected chi connectivity index (χ3v) is 23.1. The summed E-state index contributed by atoms with van der Waals surface area (Å²) in [7, 11) is 0. The van der Waals surface area contributed by atoms with Crippen molar-refractivity contribution in [1.82, 2.24) is 0 Å². The standard InChI is InChI=1S/C59H96O25/c1-23(2)26-12-17-59(54(74)84-52-45(72)41(68)38(65)30(80-52)22-76-49-46(73)42(69)47(29(20-60)79-49)82-50-43(70)39(66)35(62)24(3)77-50)19-18-57(8)27(34(26)59)10-11-32-56(7)15-14-33(55(5,6)31(56)13-16-58(32,57)9)81-53-48(37(64)28(61)21-75-53)83-51-44(71)40(67)36(63)25(4)78-51/h10,23-26,28-53,60-73H,11-22H2,1-9H3/t24-,25-,26-,28-,29+,30+,31-,32+,33-,34+,35-,36-,37-,38-,39+,40+,41-,42+,43+,44+,45+,46+,47+,48+,49+,50-,51-,52-,53-,56-,57+,58+,59-/m0/s1. The molecule has 4 saturated carbocycles. The lowest BCUT2D eigenvalue weighted by atomic mass is 9.34. The molecule has 9 fully saturated rings. The normalized spacial score (nSPS) is 54.8. The quantitative estimate of drug-likeness (QED) is 0.0557. The van der Waals surface area contributed by atoms with Crippen LogP contribution in [0.25, 0.3) is 0 Å². The van der Waals surface area contributed by atoms with Crippen molar-refractivity contribution >= 4 is 5.97 Å². The third kappa shape index (κ3) is 10.7. The van der Waals surface area contributed by atoms with Gasteiger partial charge in [0.15, 0.2) is 25.2 Å². The Bertz CT molecular complexity index is 2330. The molecular weight excluding hydrogens is 1110 g/mol. The number of fused-ring (bicyclic) bond motifs is 7. The zero-order valence-corrected chi connectivity index (χ0v) is 49.6. The minimum absolute atomic E-state index is 0.101. The molecule has 25 heteroatoms. The van der Waals surface area contributed by atoms with Gasteiger partial charge >= 0.3 is 5.97 Å². The van der Waals surface area contributed by atoms with Crippen LogP contribution in [0.4, 0.5) is 0 Å². The van der Waals surface area contributed by atoms with Crippen LogP contribution in [-0.4, -0.2) is 251 Å². The average Bonchev–Trinajstić information content (AvgIpc) is 1.04. The van der Waals surface area contributed by atoms with Crippen LogP contribution in [0.2, 0.25) is 0 Å². The van der Waals surface area contributed by atoms with E-state index >= 15 is 4.79 Å². The number of hydrogen-bond acceptors (Lipinski definition) is 25. The Labute approximate surface area is 490 Å². The van der Waals surface area contributed by atoms with Crippen LogP contribution in [0, 0.1) is 56.7 Å². The highest BCUT2D eigenvalue weighted by Crippen LogP contribution is 2.76. The molecule has 5 aliphatic carbocycles. The SMILES string of the molecule is CC(C)[C@@H]1CC[C@]2(C(=O)O[C@@H]3O[C@H](CO[C@@H]4O[C@H](CO)[C@@H](O[C@@H]5O[C@@H](C)[C@H](O)[C@@H](O)[C@H]5O)[C@H](O)[C@H]4O)[C@H](O)[C@H](O)[C@H]3O)CC[C@]3(C)C(=CC[C@@H]4[C@@]5(C)CC[C@H](O[C@@H]6OC[C@H](O)[C@H](O)[C@H]6O[C@@H]6O[C@@H](C)[C@H](O)[C@@H](O)[C@H]6O)C(C)(C)[C@@H]5CC[C@]43C)[C@@H]12. The number of carbonyl (C=O) groups excluding carboxylic acids is 1. The molecule has 0 unspecified atom stereocenters. The second-order valence-corrected chi connectivity index (χ2v) is 28.1. The Kier molecular flexibility index (Phi) is 18.8. The lowest BCUT2D eigenvalue weighted by Gasteiger charge is -2.70. The highest BCUT2D eigenvalue weighted by Gasteiger charge is 2.71. The molecule has 84 heavy (non-hydrogen) atoms. The Morgan fingerprint density at radius 1 is 0.583 bits per heavy atom. The molecule has 0 aromatic rings. The Morgan fingerprint density at radius 2 is 1.17 bits per heavy atom. The van der Waals surface area contributed by atoms with Gasteiger partial charge in [-0.3, -0.25) is 4.79 Å². The summed E-state index contributed by atoms with van der Waals surface area (Å²) in [5, 5.41) is 151. The summed E-state index contributed by atoms with van der Waals surface area (Å²) in [4.78, 5) is 15.2. The molecule has 0 aromatic carbocycles. The molecule has 0 amide bonds. The van der Waals surface area contributed by atoms with E-state index in [-0.39, 0.29) is 58.5 Å². The highest BCUT2D eigenvalue weighted by molar-refractivity contribution is 5.79. The Morgan fingerprint density at radius 3 is 1.79 bits per heavy atom. The van der Waals surface area contributed by atoms with Crippen molar-refractivity contribution in [2.45, 2.75) is 274 Å². The average molecular weight is 1210 g/mol. The summed E-state index contributed by atoms with van der Waals surface area (Å²) in [6, 6.07) is 0. The van der Waals surface area contributed by atoms with Gasteiger partial charge < -0.3 is 119 Å². The van der Waals surface area contributed by atoms with Crippen molar-refractivity contribution in [3.05, 3.63) is 11.6 Å². The van der Waals surface area contributed by atoms with E-state index in [1.165, 1.54) is 19.4 Å². The summed E-state index contributed by atoms with van der Waals surface area (Å²) < 4.78 is 59.7. The second kappa shape index (κ2) is 24.2. The number of rotatable bonds is 13. The van der Waals surface area contributed by atoms with Crippen LogP contribution in [0.1, 0.15) is 120 Å². The molecule has 5 heterocycles. The first-order valence-corrected chi connectivity index (χ1v) is 30.6. The van der Waals surface area contributed by atoms with Crippen molar-refractivity contribution in [3.63, 3.8) is 0 Å². The van der Waals surface area contributed by atoms with E-state index in [4.69, 9.17) is 47.4 Å². The maximum Gasteiger partial charge on any atom is 0.315 e. The number of hydrogen-bond donors (Lipinski definition) is 14. The monoisotopic (exact) mass is 1200 g/mol. The fraction of sp³-hybridized carbons (Fsp3) is 0.949. The first kappa shape index (κ1) is 65.2. The summed E-state index contributed by atoms with van der Waals surface area (Å²) >= 11 is 0. The van der Waals surface area contributed by atoms with Crippen LogP contribution in [0.15, 0.2) is 11.6 Å². The number of allylic oxidation sites excluding steroid dienone is 2. The Hall–Kier alpha value is -1.71. The van der Waals surface area contributed by atoms with E-state index < -0.39 is 177 Å². The molecule has 0 spiro atoms. The van der Waals surface area contributed by atoms with Crippen LogP contribution in [0.3, 0.4) is 0 Å². The molecule has 10 rings (SSSR count). The molecule has 0 bridgehead atoms. The molecule has 5 saturated heterocycles. The van der Waals surface area contributed by atoms with E-state index in [1.807, 2.05) is 0 Å². The first-order chi connectivity index (χ1) is 39.4. The van der Waals surface area contributed by atoms with Crippen molar-refractivity contribution in [2.75, 3.05) is 19.8 Å². The lowest BCUT2D eigenvalue weighted by Crippen LogP contribution is -2.66. The number of esters is 1. The molecular formula is C59H96O25. The molecule has 10 aliphatic rings. The van der Waals surface area contributed by atoms with Gasteiger partial charge in [-0.2, -0.15) is 0 Å². The van der Waals surface area contributed by atoms with E-state index in [0.29, 0.717) is 25.7 Å². The van der Waals surface area contributed by atoms with E-state index in [9.17, 15) is 71.5 Å². The summed E-state index contributed by atoms with van der Waals surface area (Å²) in [5.74, 6) is -0.129.